The zero-order valence-corrected chi connectivity index (χ0v) is 10.5. The molecule has 98 valence electrons. The molecule has 2 amide bonds. The molecule has 2 unspecified atom stereocenters. The lowest BCUT2D eigenvalue weighted by Crippen LogP contribution is -2.58. The number of ether oxygens (including phenoxy) is 1. The van der Waals surface area contributed by atoms with Crippen LogP contribution in [0.3, 0.4) is 0 Å². The average molecular weight is 244 g/mol. The van der Waals surface area contributed by atoms with Gasteiger partial charge < -0.3 is 20.1 Å². The zero-order chi connectivity index (χ0) is 13.1. The van der Waals surface area contributed by atoms with Crippen LogP contribution in [0.5, 0.6) is 0 Å². The second kappa shape index (κ2) is 5.35. The van der Waals surface area contributed by atoms with E-state index in [0.29, 0.717) is 26.1 Å². The fourth-order valence-corrected chi connectivity index (χ4v) is 1.61. The minimum atomic E-state index is -1.21. The molecular formula is C11H20N2O4. The molecule has 0 aromatic heterocycles. The summed E-state index contributed by atoms with van der Waals surface area (Å²) >= 11 is 0. The Labute approximate surface area is 101 Å². The van der Waals surface area contributed by atoms with Gasteiger partial charge in [0.05, 0.1) is 12.7 Å². The zero-order valence-electron chi connectivity index (χ0n) is 10.5. The third kappa shape index (κ3) is 3.33. The van der Waals surface area contributed by atoms with Gasteiger partial charge in [-0.2, -0.15) is 0 Å². The highest BCUT2D eigenvalue weighted by atomic mass is 16.5. The van der Waals surface area contributed by atoms with E-state index in [1.54, 1.807) is 11.8 Å². The van der Waals surface area contributed by atoms with Crippen molar-refractivity contribution in [3.63, 3.8) is 0 Å². The first-order chi connectivity index (χ1) is 7.89. The smallest absolute Gasteiger partial charge is 0.329 e. The molecule has 0 aromatic carbocycles. The Bertz CT molecular complexity index is 308. The number of urea groups is 1. The molecule has 2 N–H and O–H groups in total. The Hall–Kier alpha value is -1.30. The van der Waals surface area contributed by atoms with Gasteiger partial charge in [0, 0.05) is 13.1 Å². The van der Waals surface area contributed by atoms with Crippen molar-refractivity contribution in [2.45, 2.75) is 38.8 Å². The summed E-state index contributed by atoms with van der Waals surface area (Å²) in [4.78, 5) is 24.6. The maximum Gasteiger partial charge on any atom is 0.329 e. The number of aliphatic carboxylic acids is 1. The fourth-order valence-electron chi connectivity index (χ4n) is 1.61. The molecule has 0 aliphatic carbocycles. The predicted molar refractivity (Wildman–Crippen MR) is 61.9 cm³/mol. The van der Waals surface area contributed by atoms with Gasteiger partial charge in [-0.1, -0.05) is 6.92 Å². The minimum absolute atomic E-state index is 0.00721. The predicted octanol–water partition coefficient (Wildman–Crippen LogP) is 0.670. The Morgan fingerprint density at radius 3 is 2.71 bits per heavy atom. The molecule has 0 bridgehead atoms. The third-order valence-electron chi connectivity index (χ3n) is 3.09. The number of carboxylic acid groups (broad SMARTS) is 1. The summed E-state index contributed by atoms with van der Waals surface area (Å²) in [6.45, 7) is 6.61. The molecule has 6 heteroatoms. The number of morpholine rings is 1. The van der Waals surface area contributed by atoms with E-state index < -0.39 is 11.5 Å². The molecule has 1 rings (SSSR count). The number of hydrogen-bond acceptors (Lipinski definition) is 3. The summed E-state index contributed by atoms with van der Waals surface area (Å²) in [6.07, 6.45) is 0.334. The molecule has 6 nitrogen and oxygen atoms in total. The van der Waals surface area contributed by atoms with Crippen LogP contribution in [0.15, 0.2) is 0 Å². The Morgan fingerprint density at radius 1 is 1.59 bits per heavy atom. The number of amides is 2. The van der Waals surface area contributed by atoms with E-state index in [-0.39, 0.29) is 12.1 Å². The molecule has 0 radical (unpaired) electrons. The van der Waals surface area contributed by atoms with Gasteiger partial charge in [-0.05, 0) is 20.3 Å². The van der Waals surface area contributed by atoms with Crippen molar-refractivity contribution in [2.24, 2.45) is 0 Å². The van der Waals surface area contributed by atoms with Crippen molar-refractivity contribution in [1.29, 1.82) is 0 Å². The van der Waals surface area contributed by atoms with Gasteiger partial charge in [-0.15, -0.1) is 0 Å². The lowest BCUT2D eigenvalue weighted by atomic mass is 10.00. The van der Waals surface area contributed by atoms with Gasteiger partial charge in [0.1, 0.15) is 5.54 Å². The van der Waals surface area contributed by atoms with E-state index in [9.17, 15) is 9.59 Å². The van der Waals surface area contributed by atoms with Crippen LogP contribution >= 0.6 is 0 Å². The SMILES string of the molecule is CCC(C)(NC(=O)N1CCOC(C)C1)C(=O)O. The van der Waals surface area contributed by atoms with Crippen molar-refractivity contribution in [1.82, 2.24) is 10.2 Å². The van der Waals surface area contributed by atoms with Gasteiger partial charge >= 0.3 is 12.0 Å². The van der Waals surface area contributed by atoms with Crippen LogP contribution in [-0.2, 0) is 9.53 Å². The normalized spacial score (nSPS) is 23.9. The second-order valence-electron chi connectivity index (χ2n) is 4.55. The fraction of sp³-hybridized carbons (Fsp3) is 0.818. The molecule has 1 aliphatic rings. The summed E-state index contributed by atoms with van der Waals surface area (Å²) in [6, 6.07) is -0.341. The maximum absolute atomic E-state index is 11.9. The standard InChI is InChI=1S/C11H20N2O4/c1-4-11(3,9(14)15)12-10(16)13-5-6-17-8(2)7-13/h8H,4-7H2,1-3H3,(H,12,16)(H,14,15). The summed E-state index contributed by atoms with van der Waals surface area (Å²) < 4.78 is 5.32. The molecule has 1 fully saturated rings. The van der Waals surface area contributed by atoms with E-state index in [4.69, 9.17) is 9.84 Å². The van der Waals surface area contributed by atoms with Crippen LogP contribution in [0.1, 0.15) is 27.2 Å². The largest absolute Gasteiger partial charge is 0.480 e. The molecule has 1 saturated heterocycles. The van der Waals surface area contributed by atoms with Crippen molar-refractivity contribution in [3.8, 4) is 0 Å². The van der Waals surface area contributed by atoms with Crippen LogP contribution in [0.2, 0.25) is 0 Å². The first-order valence-corrected chi connectivity index (χ1v) is 5.81. The lowest BCUT2D eigenvalue weighted by molar-refractivity contribution is -0.143. The van der Waals surface area contributed by atoms with Crippen molar-refractivity contribution < 1.29 is 19.4 Å². The molecule has 1 heterocycles. The van der Waals surface area contributed by atoms with E-state index in [2.05, 4.69) is 5.32 Å². The summed E-state index contributed by atoms with van der Waals surface area (Å²) in [5.41, 5.74) is -1.21. The molecule has 17 heavy (non-hydrogen) atoms. The van der Waals surface area contributed by atoms with E-state index in [1.807, 2.05) is 6.92 Å². The number of carboxylic acids is 1. The lowest BCUT2D eigenvalue weighted by Gasteiger charge is -2.34. The number of hydrogen-bond donors (Lipinski definition) is 2. The van der Waals surface area contributed by atoms with E-state index >= 15 is 0 Å². The summed E-state index contributed by atoms with van der Waals surface area (Å²) in [7, 11) is 0. The summed E-state index contributed by atoms with van der Waals surface area (Å²) in [5.74, 6) is -1.02. The third-order valence-corrected chi connectivity index (χ3v) is 3.09. The Morgan fingerprint density at radius 2 is 2.24 bits per heavy atom. The van der Waals surface area contributed by atoms with Crippen molar-refractivity contribution in [3.05, 3.63) is 0 Å². The quantitative estimate of drug-likeness (QED) is 0.764. The van der Waals surface area contributed by atoms with Gasteiger partial charge in [0.2, 0.25) is 0 Å². The first-order valence-electron chi connectivity index (χ1n) is 5.81. The molecule has 0 spiro atoms. The van der Waals surface area contributed by atoms with Gasteiger partial charge in [0.15, 0.2) is 0 Å². The Kier molecular flexibility index (Phi) is 4.34. The van der Waals surface area contributed by atoms with E-state index in [0.717, 1.165) is 0 Å². The van der Waals surface area contributed by atoms with Gasteiger partial charge in [0.25, 0.3) is 0 Å². The molecule has 0 aromatic rings. The molecule has 1 aliphatic heterocycles. The second-order valence-corrected chi connectivity index (χ2v) is 4.55. The highest BCUT2D eigenvalue weighted by Crippen LogP contribution is 2.11. The number of nitrogens with zero attached hydrogens (tertiary/aromatic N) is 1. The van der Waals surface area contributed by atoms with Crippen LogP contribution in [0.4, 0.5) is 4.79 Å². The maximum atomic E-state index is 11.9. The average Bonchev–Trinajstić information content (AvgIpc) is 2.28. The van der Waals surface area contributed by atoms with Crippen molar-refractivity contribution in [2.75, 3.05) is 19.7 Å². The molecular weight excluding hydrogens is 224 g/mol. The number of nitrogens with one attached hydrogen (secondary N) is 1. The van der Waals surface area contributed by atoms with Crippen LogP contribution in [-0.4, -0.2) is 53.3 Å². The van der Waals surface area contributed by atoms with Crippen LogP contribution < -0.4 is 5.32 Å². The van der Waals surface area contributed by atoms with Gasteiger partial charge in [-0.3, -0.25) is 0 Å². The molecule has 0 saturated carbocycles. The topological polar surface area (TPSA) is 78.9 Å². The number of carbonyl (C=O) groups excluding carboxylic acids is 1. The molecule has 2 atom stereocenters. The number of rotatable bonds is 3. The minimum Gasteiger partial charge on any atom is -0.480 e. The van der Waals surface area contributed by atoms with Crippen LogP contribution in [0.25, 0.3) is 0 Å². The van der Waals surface area contributed by atoms with Crippen LogP contribution in [0, 0.1) is 0 Å². The Balaban J connectivity index is 2.61. The van der Waals surface area contributed by atoms with Crippen molar-refractivity contribution >= 4 is 12.0 Å². The van der Waals surface area contributed by atoms with Gasteiger partial charge in [-0.25, -0.2) is 9.59 Å². The monoisotopic (exact) mass is 244 g/mol. The number of carbonyl (C=O) groups is 2. The van der Waals surface area contributed by atoms with E-state index in [1.165, 1.54) is 6.92 Å². The highest BCUT2D eigenvalue weighted by molar-refractivity contribution is 5.85. The summed E-state index contributed by atoms with van der Waals surface area (Å²) in [5, 5.41) is 11.6. The highest BCUT2D eigenvalue weighted by Gasteiger charge is 2.35. The first kappa shape index (κ1) is 13.8.